The molecule has 1 aromatic rings. The third-order valence-corrected chi connectivity index (χ3v) is 3.11. The quantitative estimate of drug-likeness (QED) is 0.638. The summed E-state index contributed by atoms with van der Waals surface area (Å²) in [5, 5.41) is 1.36. The van der Waals surface area contributed by atoms with Crippen LogP contribution in [0.25, 0.3) is 0 Å². The van der Waals surface area contributed by atoms with Gasteiger partial charge in [0, 0.05) is 15.8 Å². The minimum atomic E-state index is 0.0381. The molecule has 0 radical (unpaired) electrons. The van der Waals surface area contributed by atoms with Crippen molar-refractivity contribution >= 4 is 35.0 Å². The van der Waals surface area contributed by atoms with Crippen molar-refractivity contribution in [2.24, 2.45) is 5.84 Å². The molecule has 78 valence electrons. The standard InChI is InChI=1S/C9H12Cl2N2S/c1-14-5-9(13-12)7-4-6(10)2-3-8(7)11/h2-4,9,13H,5,12H2,1H3. The van der Waals surface area contributed by atoms with Gasteiger partial charge in [-0.1, -0.05) is 23.2 Å². The van der Waals surface area contributed by atoms with Crippen molar-refractivity contribution in [1.29, 1.82) is 0 Å². The Labute approximate surface area is 98.1 Å². The number of hydrazine groups is 1. The van der Waals surface area contributed by atoms with Gasteiger partial charge in [0.2, 0.25) is 0 Å². The maximum atomic E-state index is 6.04. The molecule has 5 heteroatoms. The fraction of sp³-hybridized carbons (Fsp3) is 0.333. The molecular weight excluding hydrogens is 239 g/mol. The first kappa shape index (κ1) is 12.1. The molecule has 1 atom stereocenters. The molecule has 1 aromatic carbocycles. The summed E-state index contributed by atoms with van der Waals surface area (Å²) in [6.45, 7) is 0. The van der Waals surface area contributed by atoms with Gasteiger partial charge in [-0.3, -0.25) is 11.3 Å². The van der Waals surface area contributed by atoms with Gasteiger partial charge in [-0.15, -0.1) is 0 Å². The van der Waals surface area contributed by atoms with Gasteiger partial charge >= 0.3 is 0 Å². The van der Waals surface area contributed by atoms with E-state index in [1.165, 1.54) is 0 Å². The number of nitrogens with one attached hydrogen (secondary N) is 1. The summed E-state index contributed by atoms with van der Waals surface area (Å²) in [6.07, 6.45) is 2.02. The van der Waals surface area contributed by atoms with Crippen LogP contribution in [0.1, 0.15) is 11.6 Å². The zero-order valence-electron chi connectivity index (χ0n) is 7.76. The molecule has 0 amide bonds. The second kappa shape index (κ2) is 5.83. The predicted octanol–water partition coefficient (Wildman–Crippen LogP) is 2.86. The number of hydrogen-bond acceptors (Lipinski definition) is 3. The average Bonchev–Trinajstić information content (AvgIpc) is 2.18. The number of nitrogens with two attached hydrogens (primary N) is 1. The minimum Gasteiger partial charge on any atom is -0.271 e. The molecule has 0 saturated heterocycles. The number of hydrogen-bond donors (Lipinski definition) is 2. The van der Waals surface area contributed by atoms with Crippen LogP contribution >= 0.6 is 35.0 Å². The largest absolute Gasteiger partial charge is 0.271 e. The molecule has 0 fully saturated rings. The lowest BCUT2D eigenvalue weighted by Crippen LogP contribution is -2.29. The third-order valence-electron chi connectivity index (χ3n) is 1.87. The summed E-state index contributed by atoms with van der Waals surface area (Å²) in [5.74, 6) is 6.30. The molecule has 0 aromatic heterocycles. The van der Waals surface area contributed by atoms with E-state index < -0.39 is 0 Å². The van der Waals surface area contributed by atoms with Crippen molar-refractivity contribution in [3.63, 3.8) is 0 Å². The Morgan fingerprint density at radius 3 is 2.79 bits per heavy atom. The lowest BCUT2D eigenvalue weighted by molar-refractivity contribution is 0.611. The highest BCUT2D eigenvalue weighted by Gasteiger charge is 2.12. The van der Waals surface area contributed by atoms with Crippen LogP contribution in [0.15, 0.2) is 18.2 Å². The topological polar surface area (TPSA) is 38.0 Å². The molecule has 1 unspecified atom stereocenters. The van der Waals surface area contributed by atoms with Gasteiger partial charge in [-0.25, -0.2) is 0 Å². The van der Waals surface area contributed by atoms with E-state index in [4.69, 9.17) is 29.0 Å². The Morgan fingerprint density at radius 2 is 2.21 bits per heavy atom. The molecular formula is C9H12Cl2N2S. The van der Waals surface area contributed by atoms with Crippen LogP contribution in [-0.4, -0.2) is 12.0 Å². The maximum Gasteiger partial charge on any atom is 0.0565 e. The normalized spacial score (nSPS) is 12.9. The summed E-state index contributed by atoms with van der Waals surface area (Å²) in [6, 6.07) is 5.42. The molecule has 0 aliphatic rings. The molecule has 0 heterocycles. The van der Waals surface area contributed by atoms with Crippen molar-refractivity contribution in [1.82, 2.24) is 5.43 Å². The van der Waals surface area contributed by atoms with E-state index in [1.807, 2.05) is 12.3 Å². The molecule has 14 heavy (non-hydrogen) atoms. The van der Waals surface area contributed by atoms with Crippen LogP contribution in [0.4, 0.5) is 0 Å². The van der Waals surface area contributed by atoms with Gasteiger partial charge in [-0.05, 0) is 30.0 Å². The van der Waals surface area contributed by atoms with Gasteiger partial charge in [0.25, 0.3) is 0 Å². The molecule has 0 saturated carbocycles. The summed E-state index contributed by atoms with van der Waals surface area (Å²) in [5.41, 5.74) is 3.66. The SMILES string of the molecule is CSCC(NN)c1cc(Cl)ccc1Cl. The fourth-order valence-electron chi connectivity index (χ4n) is 1.18. The summed E-state index contributed by atoms with van der Waals surface area (Å²) in [7, 11) is 0. The first-order valence-corrected chi connectivity index (χ1v) is 6.24. The van der Waals surface area contributed by atoms with Crippen molar-refractivity contribution in [3.05, 3.63) is 33.8 Å². The Balaban J connectivity index is 2.96. The second-order valence-corrected chi connectivity index (χ2v) is 4.59. The Morgan fingerprint density at radius 1 is 1.50 bits per heavy atom. The van der Waals surface area contributed by atoms with Gasteiger partial charge < -0.3 is 0 Å². The molecule has 0 aliphatic heterocycles. The van der Waals surface area contributed by atoms with Crippen molar-refractivity contribution in [2.45, 2.75) is 6.04 Å². The fourth-order valence-corrected chi connectivity index (χ4v) is 2.21. The van der Waals surface area contributed by atoms with Crippen LogP contribution in [0.5, 0.6) is 0 Å². The lowest BCUT2D eigenvalue weighted by Gasteiger charge is -2.16. The highest BCUT2D eigenvalue weighted by atomic mass is 35.5. The smallest absolute Gasteiger partial charge is 0.0565 e. The van der Waals surface area contributed by atoms with E-state index in [0.717, 1.165) is 11.3 Å². The molecule has 2 nitrogen and oxygen atoms in total. The Bertz CT molecular complexity index is 307. The Kier molecular flexibility index (Phi) is 5.06. The number of thioether (sulfide) groups is 1. The van der Waals surface area contributed by atoms with E-state index >= 15 is 0 Å². The van der Waals surface area contributed by atoms with Crippen LogP contribution in [-0.2, 0) is 0 Å². The van der Waals surface area contributed by atoms with Crippen LogP contribution in [0, 0.1) is 0 Å². The van der Waals surface area contributed by atoms with E-state index in [0.29, 0.717) is 10.0 Å². The monoisotopic (exact) mass is 250 g/mol. The van der Waals surface area contributed by atoms with Crippen molar-refractivity contribution in [3.8, 4) is 0 Å². The number of rotatable bonds is 4. The highest BCUT2D eigenvalue weighted by molar-refractivity contribution is 7.98. The zero-order chi connectivity index (χ0) is 10.6. The van der Waals surface area contributed by atoms with E-state index in [-0.39, 0.29) is 6.04 Å². The van der Waals surface area contributed by atoms with Crippen molar-refractivity contribution < 1.29 is 0 Å². The number of halogens is 2. The van der Waals surface area contributed by atoms with Crippen molar-refractivity contribution in [2.75, 3.05) is 12.0 Å². The predicted molar refractivity (Wildman–Crippen MR) is 64.9 cm³/mol. The molecule has 0 spiro atoms. The first-order valence-electron chi connectivity index (χ1n) is 4.09. The summed E-state index contributed by atoms with van der Waals surface area (Å²) >= 11 is 13.6. The van der Waals surface area contributed by atoms with Gasteiger partial charge in [0.1, 0.15) is 0 Å². The van der Waals surface area contributed by atoms with E-state index in [9.17, 15) is 0 Å². The number of benzene rings is 1. The maximum absolute atomic E-state index is 6.04. The van der Waals surface area contributed by atoms with Gasteiger partial charge in [0.15, 0.2) is 0 Å². The lowest BCUT2D eigenvalue weighted by atomic mass is 10.1. The zero-order valence-corrected chi connectivity index (χ0v) is 10.1. The van der Waals surface area contributed by atoms with E-state index in [2.05, 4.69) is 5.43 Å². The molecule has 1 rings (SSSR count). The van der Waals surface area contributed by atoms with Gasteiger partial charge in [-0.2, -0.15) is 11.8 Å². The van der Waals surface area contributed by atoms with E-state index in [1.54, 1.807) is 23.9 Å². The summed E-state index contributed by atoms with van der Waals surface area (Å²) in [4.78, 5) is 0. The molecule has 0 aliphatic carbocycles. The minimum absolute atomic E-state index is 0.0381. The van der Waals surface area contributed by atoms with Crippen LogP contribution < -0.4 is 11.3 Å². The average molecular weight is 251 g/mol. The molecule has 3 N–H and O–H groups in total. The first-order chi connectivity index (χ1) is 6.69. The van der Waals surface area contributed by atoms with Crippen LogP contribution in [0.3, 0.4) is 0 Å². The molecule has 0 bridgehead atoms. The second-order valence-electron chi connectivity index (χ2n) is 2.84. The van der Waals surface area contributed by atoms with Gasteiger partial charge in [0.05, 0.1) is 6.04 Å². The third kappa shape index (κ3) is 3.04. The summed E-state index contributed by atoms with van der Waals surface area (Å²) < 4.78 is 0. The Hall–Kier alpha value is 0.0700. The highest BCUT2D eigenvalue weighted by Crippen LogP contribution is 2.27. The van der Waals surface area contributed by atoms with Crippen LogP contribution in [0.2, 0.25) is 10.0 Å².